The first-order valence-corrected chi connectivity index (χ1v) is 7.56. The molecule has 6 heteroatoms. The summed E-state index contributed by atoms with van der Waals surface area (Å²) in [5.41, 5.74) is 0. The molecule has 1 aromatic heterocycles. The summed E-state index contributed by atoms with van der Waals surface area (Å²) in [5, 5.41) is 6.32. The van der Waals surface area contributed by atoms with E-state index in [1.807, 2.05) is 20.8 Å². The largest absolute Gasteiger partial charge is 0.461 e. The molecule has 1 aromatic rings. The highest BCUT2D eigenvalue weighted by molar-refractivity contribution is 5.35. The first-order chi connectivity index (χ1) is 9.65. The van der Waals surface area contributed by atoms with Gasteiger partial charge in [-0.1, -0.05) is 26.2 Å². The molecule has 114 valence electrons. The molecule has 0 amide bonds. The number of unbranched alkanes of at least 4 members (excludes halogenated alkanes) is 3. The Labute approximate surface area is 121 Å². The number of rotatable bonds is 10. The van der Waals surface area contributed by atoms with E-state index < -0.39 is 0 Å². The Balaban J connectivity index is 2.60. The van der Waals surface area contributed by atoms with Crippen LogP contribution < -0.4 is 15.4 Å². The van der Waals surface area contributed by atoms with E-state index >= 15 is 0 Å². The fraction of sp³-hybridized carbons (Fsp3) is 0.786. The monoisotopic (exact) mass is 281 g/mol. The lowest BCUT2D eigenvalue weighted by atomic mass is 10.2. The van der Waals surface area contributed by atoms with E-state index in [9.17, 15) is 0 Å². The van der Waals surface area contributed by atoms with Gasteiger partial charge in [-0.25, -0.2) is 0 Å². The van der Waals surface area contributed by atoms with Gasteiger partial charge in [0.25, 0.3) is 0 Å². The number of anilines is 2. The number of hydrogen-bond donors (Lipinski definition) is 2. The van der Waals surface area contributed by atoms with Gasteiger partial charge in [-0.3, -0.25) is 0 Å². The average Bonchev–Trinajstić information content (AvgIpc) is 2.38. The third-order valence-electron chi connectivity index (χ3n) is 2.60. The molecule has 0 aliphatic carbocycles. The maximum atomic E-state index is 5.54. The van der Waals surface area contributed by atoms with Crippen molar-refractivity contribution in [3.05, 3.63) is 0 Å². The molecule has 0 fully saturated rings. The summed E-state index contributed by atoms with van der Waals surface area (Å²) in [6, 6.07) is 0.363. The Morgan fingerprint density at radius 2 is 1.65 bits per heavy atom. The minimum Gasteiger partial charge on any atom is -0.461 e. The van der Waals surface area contributed by atoms with Crippen molar-refractivity contribution in [1.82, 2.24) is 15.0 Å². The van der Waals surface area contributed by atoms with Crippen molar-refractivity contribution in [3.63, 3.8) is 0 Å². The van der Waals surface area contributed by atoms with E-state index in [1.54, 1.807) is 0 Å². The molecule has 0 atom stereocenters. The molecule has 0 radical (unpaired) electrons. The highest BCUT2D eigenvalue weighted by atomic mass is 16.5. The van der Waals surface area contributed by atoms with Crippen LogP contribution in [0.15, 0.2) is 0 Å². The van der Waals surface area contributed by atoms with Gasteiger partial charge < -0.3 is 15.4 Å². The summed E-state index contributed by atoms with van der Waals surface area (Å²) in [6.45, 7) is 9.75. The Kier molecular flexibility index (Phi) is 7.69. The maximum Gasteiger partial charge on any atom is 0.323 e. The van der Waals surface area contributed by atoms with E-state index in [0.29, 0.717) is 17.9 Å². The Morgan fingerprint density at radius 3 is 2.25 bits per heavy atom. The fourth-order valence-electron chi connectivity index (χ4n) is 1.69. The first kappa shape index (κ1) is 16.5. The second kappa shape index (κ2) is 9.34. The molecule has 0 aromatic carbocycles. The van der Waals surface area contributed by atoms with Crippen molar-refractivity contribution in [3.8, 4) is 6.01 Å². The summed E-state index contributed by atoms with van der Waals surface area (Å²) in [6.07, 6.45) is 4.90. The Bertz CT molecular complexity index is 384. The molecule has 0 spiro atoms. The second-order valence-electron chi connectivity index (χ2n) is 4.95. The first-order valence-electron chi connectivity index (χ1n) is 7.56. The lowest BCUT2D eigenvalue weighted by Crippen LogP contribution is -2.14. The number of hydrogen-bond acceptors (Lipinski definition) is 6. The van der Waals surface area contributed by atoms with Crippen molar-refractivity contribution in [1.29, 1.82) is 0 Å². The molecule has 0 bridgehead atoms. The number of nitrogens with zero attached hydrogens (tertiary/aromatic N) is 3. The van der Waals surface area contributed by atoms with Crippen LogP contribution in [0.25, 0.3) is 0 Å². The van der Waals surface area contributed by atoms with Crippen molar-refractivity contribution >= 4 is 11.9 Å². The lowest BCUT2D eigenvalue weighted by Gasteiger charge is -2.11. The van der Waals surface area contributed by atoms with Crippen LogP contribution in [0, 0.1) is 0 Å². The van der Waals surface area contributed by atoms with E-state index in [0.717, 1.165) is 19.5 Å². The summed E-state index contributed by atoms with van der Waals surface area (Å²) < 4.78 is 5.54. The van der Waals surface area contributed by atoms with Gasteiger partial charge in [0.2, 0.25) is 11.9 Å². The summed E-state index contributed by atoms with van der Waals surface area (Å²) in [5.74, 6) is 1.12. The Morgan fingerprint density at radius 1 is 0.950 bits per heavy atom. The van der Waals surface area contributed by atoms with Crippen LogP contribution in [0.1, 0.15) is 53.4 Å². The van der Waals surface area contributed by atoms with Gasteiger partial charge in [0.15, 0.2) is 0 Å². The van der Waals surface area contributed by atoms with Gasteiger partial charge in [0.1, 0.15) is 0 Å². The zero-order valence-corrected chi connectivity index (χ0v) is 13.1. The summed E-state index contributed by atoms with van der Waals surface area (Å²) in [4.78, 5) is 12.8. The lowest BCUT2D eigenvalue weighted by molar-refractivity contribution is 0.222. The highest BCUT2D eigenvalue weighted by Gasteiger charge is 2.08. The second-order valence-corrected chi connectivity index (χ2v) is 4.95. The zero-order valence-electron chi connectivity index (χ0n) is 13.1. The predicted molar refractivity (Wildman–Crippen MR) is 82.4 cm³/mol. The highest BCUT2D eigenvalue weighted by Crippen LogP contribution is 2.12. The Hall–Kier alpha value is -1.59. The van der Waals surface area contributed by atoms with Gasteiger partial charge >= 0.3 is 6.01 Å². The molecule has 2 N–H and O–H groups in total. The molecule has 1 rings (SSSR count). The van der Waals surface area contributed by atoms with Gasteiger partial charge in [-0.05, 0) is 27.2 Å². The minimum absolute atomic E-state index is 0.0456. The molecule has 0 aliphatic rings. The van der Waals surface area contributed by atoms with Crippen molar-refractivity contribution in [2.24, 2.45) is 0 Å². The van der Waals surface area contributed by atoms with Crippen LogP contribution in [0.3, 0.4) is 0 Å². The predicted octanol–water partition coefficient (Wildman–Crippen LogP) is 3.08. The molecule has 20 heavy (non-hydrogen) atoms. The fourth-order valence-corrected chi connectivity index (χ4v) is 1.69. The topological polar surface area (TPSA) is 72.0 Å². The van der Waals surface area contributed by atoms with Gasteiger partial charge in [0.05, 0.1) is 6.10 Å². The third-order valence-corrected chi connectivity index (χ3v) is 2.60. The van der Waals surface area contributed by atoms with Crippen molar-refractivity contribution < 1.29 is 4.74 Å². The van der Waals surface area contributed by atoms with E-state index in [1.165, 1.54) is 19.3 Å². The molecule has 1 heterocycles. The molecular formula is C14H27N5O. The summed E-state index contributed by atoms with van der Waals surface area (Å²) >= 11 is 0. The minimum atomic E-state index is 0.0456. The SMILES string of the molecule is CCCCCCNc1nc(NCC)nc(OC(C)C)n1. The van der Waals surface area contributed by atoms with E-state index in [4.69, 9.17) is 4.74 Å². The van der Waals surface area contributed by atoms with Gasteiger partial charge in [0, 0.05) is 13.1 Å². The molecule has 6 nitrogen and oxygen atoms in total. The van der Waals surface area contributed by atoms with Crippen LogP contribution in [0.4, 0.5) is 11.9 Å². The number of ether oxygens (including phenoxy) is 1. The average molecular weight is 281 g/mol. The van der Waals surface area contributed by atoms with E-state index in [2.05, 4.69) is 32.5 Å². The normalized spacial score (nSPS) is 10.7. The number of aromatic nitrogens is 3. The molecule has 0 aliphatic heterocycles. The van der Waals surface area contributed by atoms with Crippen LogP contribution >= 0.6 is 0 Å². The molecule has 0 saturated carbocycles. The standard InChI is InChI=1S/C14H27N5O/c1-5-7-8-9-10-16-13-17-12(15-6-2)18-14(19-13)20-11(3)4/h11H,5-10H2,1-4H3,(H2,15,16,17,18,19). The van der Waals surface area contributed by atoms with Crippen molar-refractivity contribution in [2.45, 2.75) is 59.5 Å². The molecule has 0 unspecified atom stereocenters. The third kappa shape index (κ3) is 6.54. The van der Waals surface area contributed by atoms with Crippen LogP contribution in [0.2, 0.25) is 0 Å². The molecular weight excluding hydrogens is 254 g/mol. The van der Waals surface area contributed by atoms with Gasteiger partial charge in [-0.15, -0.1) is 0 Å². The van der Waals surface area contributed by atoms with Gasteiger partial charge in [-0.2, -0.15) is 15.0 Å². The zero-order chi connectivity index (χ0) is 14.8. The summed E-state index contributed by atoms with van der Waals surface area (Å²) in [7, 11) is 0. The van der Waals surface area contributed by atoms with Crippen LogP contribution in [-0.4, -0.2) is 34.1 Å². The van der Waals surface area contributed by atoms with Crippen LogP contribution in [0.5, 0.6) is 6.01 Å². The smallest absolute Gasteiger partial charge is 0.323 e. The maximum absolute atomic E-state index is 5.54. The van der Waals surface area contributed by atoms with Crippen molar-refractivity contribution in [2.75, 3.05) is 23.7 Å². The number of nitrogens with one attached hydrogen (secondary N) is 2. The van der Waals surface area contributed by atoms with E-state index in [-0.39, 0.29) is 6.10 Å². The molecule has 0 saturated heterocycles. The van der Waals surface area contributed by atoms with Crippen LogP contribution in [-0.2, 0) is 0 Å². The quantitative estimate of drug-likeness (QED) is 0.642.